The van der Waals surface area contributed by atoms with Crippen molar-refractivity contribution in [3.8, 4) is 0 Å². The Hall–Kier alpha value is -3.14. The third-order valence-electron chi connectivity index (χ3n) is 7.29. The number of unbranched alkanes of at least 4 members (excludes halogenated alkanes) is 3. The van der Waals surface area contributed by atoms with E-state index in [2.05, 4.69) is 27.4 Å². The van der Waals surface area contributed by atoms with Crippen molar-refractivity contribution in [2.24, 2.45) is 11.3 Å². The van der Waals surface area contributed by atoms with Crippen LogP contribution >= 0.6 is 0 Å². The molecule has 0 N–H and O–H groups in total. The standard InChI is InChI=1S/C32H40O4/c1-5-6-7-10-15-24(2)26(4)29-21-32(20-25(29)3,30(33)35-22-27-16-11-8-12-17-27)31(34)36-23-28-18-13-9-14-19-28/h8-9,11-14,16-19,25H,2,5-7,10,15,20-23H2,1,3-4H3/b29-26+. The Kier molecular flexibility index (Phi) is 10.1. The average Bonchev–Trinajstić information content (AvgIpc) is 3.27. The lowest BCUT2D eigenvalue weighted by Gasteiger charge is -2.25. The van der Waals surface area contributed by atoms with E-state index in [9.17, 15) is 9.59 Å². The minimum atomic E-state index is -1.35. The lowest BCUT2D eigenvalue weighted by Crippen LogP contribution is -2.40. The summed E-state index contributed by atoms with van der Waals surface area (Å²) in [6.45, 7) is 11.0. The summed E-state index contributed by atoms with van der Waals surface area (Å²) in [5, 5.41) is 0. The van der Waals surface area contributed by atoms with Crippen molar-refractivity contribution in [1.29, 1.82) is 0 Å². The molecule has 36 heavy (non-hydrogen) atoms. The second-order valence-corrected chi connectivity index (χ2v) is 10.1. The highest BCUT2D eigenvalue weighted by Gasteiger charge is 2.55. The number of carbonyl (C=O) groups is 2. The first-order chi connectivity index (χ1) is 17.4. The molecule has 4 heteroatoms. The van der Waals surface area contributed by atoms with E-state index in [1.165, 1.54) is 19.3 Å². The molecule has 0 heterocycles. The van der Waals surface area contributed by atoms with Crippen LogP contribution in [0.15, 0.2) is 84.0 Å². The van der Waals surface area contributed by atoms with Crippen LogP contribution in [-0.4, -0.2) is 11.9 Å². The number of esters is 2. The molecule has 1 saturated carbocycles. The zero-order chi connectivity index (χ0) is 26.0. The van der Waals surface area contributed by atoms with Gasteiger partial charge in [-0.1, -0.05) is 111 Å². The highest BCUT2D eigenvalue weighted by molar-refractivity contribution is 6.01. The summed E-state index contributed by atoms with van der Waals surface area (Å²) < 4.78 is 11.5. The minimum absolute atomic E-state index is 0.0611. The topological polar surface area (TPSA) is 52.6 Å². The lowest BCUT2D eigenvalue weighted by atomic mass is 9.84. The zero-order valence-electron chi connectivity index (χ0n) is 22.1. The van der Waals surface area contributed by atoms with E-state index in [0.717, 1.165) is 40.7 Å². The van der Waals surface area contributed by atoms with Crippen LogP contribution in [-0.2, 0) is 32.3 Å². The SMILES string of the molecule is C=C(CCCCCC)/C(C)=C1\CC(C(=O)OCc2ccccc2)(C(=O)OCc2ccccc2)CC1C. The maximum absolute atomic E-state index is 13.6. The lowest BCUT2D eigenvalue weighted by molar-refractivity contribution is -0.174. The maximum Gasteiger partial charge on any atom is 0.324 e. The minimum Gasteiger partial charge on any atom is -0.460 e. The Balaban J connectivity index is 1.80. The second kappa shape index (κ2) is 13.2. The fourth-order valence-corrected chi connectivity index (χ4v) is 5.02. The smallest absolute Gasteiger partial charge is 0.324 e. The molecule has 1 unspecified atom stereocenters. The quantitative estimate of drug-likeness (QED) is 0.174. The molecule has 0 radical (unpaired) electrons. The van der Waals surface area contributed by atoms with Gasteiger partial charge in [-0.05, 0) is 55.2 Å². The number of benzene rings is 2. The van der Waals surface area contributed by atoms with Crippen molar-refractivity contribution in [2.45, 2.75) is 78.9 Å². The summed E-state index contributed by atoms with van der Waals surface area (Å²) in [4.78, 5) is 27.1. The summed E-state index contributed by atoms with van der Waals surface area (Å²) in [7, 11) is 0. The summed E-state index contributed by atoms with van der Waals surface area (Å²) in [6, 6.07) is 19.1. The molecule has 2 aromatic carbocycles. The van der Waals surface area contributed by atoms with Crippen LogP contribution < -0.4 is 0 Å². The Labute approximate surface area is 216 Å². The van der Waals surface area contributed by atoms with Crippen molar-refractivity contribution >= 4 is 11.9 Å². The van der Waals surface area contributed by atoms with Crippen molar-refractivity contribution in [3.05, 3.63) is 95.1 Å². The summed E-state index contributed by atoms with van der Waals surface area (Å²) in [5.41, 5.74) is 3.76. The Morgan fingerprint density at radius 1 is 0.889 bits per heavy atom. The molecule has 1 aliphatic carbocycles. The van der Waals surface area contributed by atoms with Crippen LogP contribution in [0.1, 0.15) is 76.8 Å². The van der Waals surface area contributed by atoms with Gasteiger partial charge in [-0.25, -0.2) is 0 Å². The Morgan fingerprint density at radius 3 is 1.92 bits per heavy atom. The highest BCUT2D eigenvalue weighted by atomic mass is 16.6. The molecule has 4 nitrogen and oxygen atoms in total. The molecule has 2 aromatic rings. The molecule has 0 aromatic heterocycles. The van der Waals surface area contributed by atoms with E-state index in [-0.39, 0.29) is 19.1 Å². The summed E-state index contributed by atoms with van der Waals surface area (Å²) in [5.74, 6) is -0.953. The molecular weight excluding hydrogens is 448 g/mol. The van der Waals surface area contributed by atoms with Crippen molar-refractivity contribution in [2.75, 3.05) is 0 Å². The first kappa shape index (κ1) is 27.4. The molecule has 0 amide bonds. The van der Waals surface area contributed by atoms with Gasteiger partial charge in [0, 0.05) is 0 Å². The number of ether oxygens (including phenoxy) is 2. The maximum atomic E-state index is 13.6. The van der Waals surface area contributed by atoms with Gasteiger partial charge >= 0.3 is 11.9 Å². The van der Waals surface area contributed by atoms with Crippen LogP contribution in [0.3, 0.4) is 0 Å². The van der Waals surface area contributed by atoms with Crippen LogP contribution in [0.25, 0.3) is 0 Å². The van der Waals surface area contributed by atoms with Crippen molar-refractivity contribution in [1.82, 2.24) is 0 Å². The number of hydrogen-bond donors (Lipinski definition) is 0. The van der Waals surface area contributed by atoms with Gasteiger partial charge in [0.25, 0.3) is 0 Å². The largest absolute Gasteiger partial charge is 0.460 e. The number of carbonyl (C=O) groups excluding carboxylic acids is 2. The van der Waals surface area contributed by atoms with Gasteiger partial charge in [0.2, 0.25) is 0 Å². The Bertz CT molecular complexity index is 997. The number of hydrogen-bond acceptors (Lipinski definition) is 4. The van der Waals surface area contributed by atoms with Crippen LogP contribution in [0.2, 0.25) is 0 Å². The number of rotatable bonds is 12. The normalized spacial score (nSPS) is 17.9. The van der Waals surface area contributed by atoms with Gasteiger partial charge in [-0.3, -0.25) is 9.59 Å². The van der Waals surface area contributed by atoms with Gasteiger partial charge < -0.3 is 9.47 Å². The number of allylic oxidation sites excluding steroid dienone is 3. The molecule has 0 bridgehead atoms. The molecule has 0 spiro atoms. The van der Waals surface area contributed by atoms with Crippen molar-refractivity contribution < 1.29 is 19.1 Å². The van der Waals surface area contributed by atoms with Gasteiger partial charge in [0.15, 0.2) is 5.41 Å². The Morgan fingerprint density at radius 2 is 1.42 bits per heavy atom. The van der Waals surface area contributed by atoms with E-state index >= 15 is 0 Å². The van der Waals surface area contributed by atoms with E-state index < -0.39 is 17.4 Å². The molecule has 0 aliphatic heterocycles. The van der Waals surface area contributed by atoms with Crippen molar-refractivity contribution in [3.63, 3.8) is 0 Å². The van der Waals surface area contributed by atoms with Crippen LogP contribution in [0.5, 0.6) is 0 Å². The van der Waals surface area contributed by atoms with E-state index in [1.807, 2.05) is 60.7 Å². The molecule has 0 saturated heterocycles. The van der Waals surface area contributed by atoms with Gasteiger partial charge in [0.05, 0.1) is 0 Å². The molecule has 1 aliphatic rings. The van der Waals surface area contributed by atoms with E-state index in [0.29, 0.717) is 12.8 Å². The molecular formula is C32H40O4. The monoisotopic (exact) mass is 488 g/mol. The first-order valence-corrected chi connectivity index (χ1v) is 13.2. The van der Waals surface area contributed by atoms with Gasteiger partial charge in [0.1, 0.15) is 13.2 Å². The van der Waals surface area contributed by atoms with Gasteiger partial charge in [-0.2, -0.15) is 0 Å². The third-order valence-corrected chi connectivity index (χ3v) is 7.29. The fraction of sp³-hybridized carbons (Fsp3) is 0.438. The molecule has 1 fully saturated rings. The van der Waals surface area contributed by atoms with E-state index in [1.54, 1.807) is 0 Å². The average molecular weight is 489 g/mol. The highest BCUT2D eigenvalue weighted by Crippen LogP contribution is 2.49. The zero-order valence-corrected chi connectivity index (χ0v) is 22.1. The summed E-state index contributed by atoms with van der Waals surface area (Å²) >= 11 is 0. The molecule has 3 rings (SSSR count). The fourth-order valence-electron chi connectivity index (χ4n) is 5.02. The predicted molar refractivity (Wildman–Crippen MR) is 144 cm³/mol. The van der Waals surface area contributed by atoms with Crippen LogP contribution in [0, 0.1) is 11.3 Å². The third kappa shape index (κ3) is 6.96. The van der Waals surface area contributed by atoms with Gasteiger partial charge in [-0.15, -0.1) is 0 Å². The molecule has 192 valence electrons. The van der Waals surface area contributed by atoms with Crippen LogP contribution in [0.4, 0.5) is 0 Å². The van der Waals surface area contributed by atoms with E-state index in [4.69, 9.17) is 9.47 Å². The second-order valence-electron chi connectivity index (χ2n) is 10.1. The predicted octanol–water partition coefficient (Wildman–Crippen LogP) is 7.73. The summed E-state index contributed by atoms with van der Waals surface area (Å²) in [6.07, 6.45) is 6.35. The first-order valence-electron chi connectivity index (χ1n) is 13.2. The molecule has 1 atom stereocenters.